The number of para-hydroxylation sites is 1. The van der Waals surface area contributed by atoms with Crippen molar-refractivity contribution in [1.82, 2.24) is 0 Å². The summed E-state index contributed by atoms with van der Waals surface area (Å²) in [6, 6.07) is 33.2. The number of carboxylic acids is 1. The lowest BCUT2D eigenvalue weighted by molar-refractivity contribution is -0.138. The quantitative estimate of drug-likeness (QED) is 0.358. The molecule has 1 atom stereocenters. The molecule has 1 aliphatic carbocycles. The minimum Gasteiger partial charge on any atom is -0.480 e. The third kappa shape index (κ3) is 4.53. The summed E-state index contributed by atoms with van der Waals surface area (Å²) in [5.41, 5.74) is 5.78. The van der Waals surface area contributed by atoms with Gasteiger partial charge in [0.15, 0.2) is 0 Å². The first kappa shape index (κ1) is 22.4. The molecule has 0 saturated carbocycles. The number of amides is 1. The van der Waals surface area contributed by atoms with E-state index in [4.69, 9.17) is 4.74 Å². The van der Waals surface area contributed by atoms with Gasteiger partial charge >= 0.3 is 12.1 Å². The Labute approximate surface area is 204 Å². The van der Waals surface area contributed by atoms with E-state index in [1.165, 1.54) is 4.90 Å². The van der Waals surface area contributed by atoms with Crippen molar-refractivity contribution in [3.8, 4) is 11.1 Å². The molecule has 0 aliphatic heterocycles. The van der Waals surface area contributed by atoms with E-state index in [0.29, 0.717) is 5.69 Å². The highest BCUT2D eigenvalue weighted by atomic mass is 16.6. The lowest BCUT2D eigenvalue weighted by Gasteiger charge is -2.29. The van der Waals surface area contributed by atoms with Crippen LogP contribution < -0.4 is 4.90 Å². The maximum atomic E-state index is 13.5. The monoisotopic (exact) mass is 463 g/mol. The molecule has 0 heterocycles. The highest BCUT2D eigenvalue weighted by molar-refractivity contribution is 5.95. The Morgan fingerprint density at radius 3 is 1.83 bits per heavy atom. The van der Waals surface area contributed by atoms with Crippen LogP contribution in [0.15, 0.2) is 109 Å². The zero-order valence-electron chi connectivity index (χ0n) is 19.1. The normalized spacial score (nSPS) is 12.9. The van der Waals surface area contributed by atoms with Crippen molar-refractivity contribution >= 4 is 17.7 Å². The molecule has 5 nitrogen and oxygen atoms in total. The standard InChI is InChI=1S/C30H25NO4/c32-29(33)28(19-21-11-3-1-4-12-21)31(22-13-5-2-6-14-22)30(34)35-20-27-25-17-9-7-15-23(25)24-16-8-10-18-26(24)27/h1-18,27-28H,19-20H2,(H,32,33)/t28-/m0/s1. The summed E-state index contributed by atoms with van der Waals surface area (Å²) >= 11 is 0. The molecule has 0 fully saturated rings. The predicted octanol–water partition coefficient (Wildman–Crippen LogP) is 6.14. The summed E-state index contributed by atoms with van der Waals surface area (Å²) in [4.78, 5) is 27.1. The summed E-state index contributed by atoms with van der Waals surface area (Å²) in [5.74, 6) is -1.20. The number of benzene rings is 4. The van der Waals surface area contributed by atoms with Gasteiger partial charge in [0.25, 0.3) is 0 Å². The number of aliphatic carboxylic acids is 1. The van der Waals surface area contributed by atoms with E-state index in [2.05, 4.69) is 24.3 Å². The molecule has 174 valence electrons. The number of carbonyl (C=O) groups excluding carboxylic acids is 1. The van der Waals surface area contributed by atoms with Gasteiger partial charge in [0.05, 0.1) is 0 Å². The van der Waals surface area contributed by atoms with Crippen molar-refractivity contribution < 1.29 is 19.4 Å². The molecule has 5 heteroatoms. The number of anilines is 1. The third-order valence-electron chi connectivity index (χ3n) is 6.44. The van der Waals surface area contributed by atoms with Gasteiger partial charge in [-0.15, -0.1) is 0 Å². The van der Waals surface area contributed by atoms with Crippen molar-refractivity contribution in [1.29, 1.82) is 0 Å². The van der Waals surface area contributed by atoms with Crippen LogP contribution in [-0.4, -0.2) is 29.8 Å². The predicted molar refractivity (Wildman–Crippen MR) is 136 cm³/mol. The Kier molecular flexibility index (Phi) is 6.31. The first-order chi connectivity index (χ1) is 17.1. The smallest absolute Gasteiger partial charge is 0.415 e. The molecule has 0 aromatic heterocycles. The van der Waals surface area contributed by atoms with E-state index in [0.717, 1.165) is 27.8 Å². The van der Waals surface area contributed by atoms with Gasteiger partial charge in [-0.05, 0) is 39.9 Å². The van der Waals surface area contributed by atoms with Crippen molar-refractivity contribution in [2.75, 3.05) is 11.5 Å². The second-order valence-electron chi connectivity index (χ2n) is 8.55. The number of fused-ring (bicyclic) bond motifs is 3. The highest BCUT2D eigenvalue weighted by Gasteiger charge is 2.34. The number of hydrogen-bond acceptors (Lipinski definition) is 3. The number of carboxylic acid groups (broad SMARTS) is 1. The lowest BCUT2D eigenvalue weighted by atomic mass is 9.98. The Morgan fingerprint density at radius 2 is 1.26 bits per heavy atom. The van der Waals surface area contributed by atoms with Crippen LogP contribution in [0.25, 0.3) is 11.1 Å². The summed E-state index contributed by atoms with van der Waals surface area (Å²) < 4.78 is 5.85. The van der Waals surface area contributed by atoms with Gasteiger partial charge in [-0.1, -0.05) is 97.1 Å². The van der Waals surface area contributed by atoms with Crippen LogP contribution in [0.4, 0.5) is 10.5 Å². The van der Waals surface area contributed by atoms with E-state index in [1.54, 1.807) is 24.3 Å². The van der Waals surface area contributed by atoms with Gasteiger partial charge in [0.2, 0.25) is 0 Å². The summed E-state index contributed by atoms with van der Waals surface area (Å²) in [6.07, 6.45) is -0.517. The van der Waals surface area contributed by atoms with Crippen molar-refractivity contribution in [3.05, 3.63) is 126 Å². The molecule has 4 aromatic rings. The molecule has 5 rings (SSSR count). The van der Waals surface area contributed by atoms with Gasteiger partial charge in [-0.3, -0.25) is 4.90 Å². The fraction of sp³-hybridized carbons (Fsp3) is 0.133. The number of nitrogens with zero attached hydrogens (tertiary/aromatic N) is 1. The van der Waals surface area contributed by atoms with Gasteiger partial charge in [-0.25, -0.2) is 9.59 Å². The molecular weight excluding hydrogens is 438 g/mol. The van der Waals surface area contributed by atoms with Crippen LogP contribution in [0, 0.1) is 0 Å². The molecule has 0 saturated heterocycles. The molecular formula is C30H25NO4. The molecule has 35 heavy (non-hydrogen) atoms. The van der Waals surface area contributed by atoms with E-state index < -0.39 is 18.1 Å². The van der Waals surface area contributed by atoms with Gasteiger partial charge in [0, 0.05) is 18.0 Å². The van der Waals surface area contributed by atoms with Crippen LogP contribution >= 0.6 is 0 Å². The van der Waals surface area contributed by atoms with Crippen LogP contribution in [0.5, 0.6) is 0 Å². The first-order valence-electron chi connectivity index (χ1n) is 11.6. The average Bonchev–Trinajstić information content (AvgIpc) is 3.22. The van der Waals surface area contributed by atoms with Gasteiger partial charge in [-0.2, -0.15) is 0 Å². The van der Waals surface area contributed by atoms with Crippen LogP contribution in [0.1, 0.15) is 22.6 Å². The summed E-state index contributed by atoms with van der Waals surface area (Å²) in [5, 5.41) is 10.1. The molecule has 4 aromatic carbocycles. The maximum Gasteiger partial charge on any atom is 0.415 e. The van der Waals surface area contributed by atoms with Gasteiger partial charge < -0.3 is 9.84 Å². The number of hydrogen-bond donors (Lipinski definition) is 1. The number of carbonyl (C=O) groups is 2. The molecule has 0 bridgehead atoms. The number of ether oxygens (including phenoxy) is 1. The lowest BCUT2D eigenvalue weighted by Crippen LogP contribution is -2.47. The summed E-state index contributed by atoms with van der Waals surface area (Å²) in [7, 11) is 0. The topological polar surface area (TPSA) is 66.8 Å². The van der Waals surface area contributed by atoms with Crippen molar-refractivity contribution in [2.45, 2.75) is 18.4 Å². The van der Waals surface area contributed by atoms with E-state index in [1.807, 2.05) is 60.7 Å². The Balaban J connectivity index is 1.43. The molecule has 1 amide bonds. The van der Waals surface area contributed by atoms with Crippen molar-refractivity contribution in [2.24, 2.45) is 0 Å². The van der Waals surface area contributed by atoms with E-state index >= 15 is 0 Å². The molecule has 1 aliphatic rings. The SMILES string of the molecule is O=C(O)[C@H](Cc1ccccc1)N(C(=O)OCC1c2ccccc2-c2ccccc21)c1ccccc1. The minimum atomic E-state index is -1.12. The maximum absolute atomic E-state index is 13.5. The molecule has 0 radical (unpaired) electrons. The van der Waals surface area contributed by atoms with E-state index in [-0.39, 0.29) is 18.9 Å². The average molecular weight is 464 g/mol. The largest absolute Gasteiger partial charge is 0.480 e. The minimum absolute atomic E-state index is 0.110. The Morgan fingerprint density at radius 1 is 0.743 bits per heavy atom. The van der Waals surface area contributed by atoms with Crippen LogP contribution in [-0.2, 0) is 16.0 Å². The molecule has 0 unspecified atom stereocenters. The zero-order valence-corrected chi connectivity index (χ0v) is 19.1. The highest BCUT2D eigenvalue weighted by Crippen LogP contribution is 2.44. The molecule has 1 N–H and O–H groups in total. The van der Waals surface area contributed by atoms with Crippen molar-refractivity contribution in [3.63, 3.8) is 0 Å². The van der Waals surface area contributed by atoms with Crippen LogP contribution in [0.3, 0.4) is 0 Å². The van der Waals surface area contributed by atoms with E-state index in [9.17, 15) is 14.7 Å². The second-order valence-corrected chi connectivity index (χ2v) is 8.55. The number of rotatable bonds is 7. The van der Waals surface area contributed by atoms with Gasteiger partial charge in [0.1, 0.15) is 12.6 Å². The third-order valence-corrected chi connectivity index (χ3v) is 6.44. The van der Waals surface area contributed by atoms with Crippen LogP contribution in [0.2, 0.25) is 0 Å². The fourth-order valence-corrected chi connectivity index (χ4v) is 4.79. The Hall–Kier alpha value is -4.38. The summed E-state index contributed by atoms with van der Waals surface area (Å²) in [6.45, 7) is 0.119. The first-order valence-corrected chi connectivity index (χ1v) is 11.6. The second kappa shape index (κ2) is 9.85. The Bertz CT molecular complexity index is 1290. The molecule has 0 spiro atoms. The fourth-order valence-electron chi connectivity index (χ4n) is 4.79. The zero-order chi connectivity index (χ0) is 24.2.